The van der Waals surface area contributed by atoms with Crippen molar-refractivity contribution in [3.8, 4) is 0 Å². The molecule has 3 rings (SSSR count). The lowest BCUT2D eigenvalue weighted by Crippen LogP contribution is -2.55. The van der Waals surface area contributed by atoms with Crippen LogP contribution in [0.5, 0.6) is 0 Å². The van der Waals surface area contributed by atoms with Crippen LogP contribution in [0.15, 0.2) is 30.3 Å². The van der Waals surface area contributed by atoms with E-state index in [4.69, 9.17) is 9.47 Å². The van der Waals surface area contributed by atoms with Crippen LogP contribution in [-0.2, 0) is 9.47 Å². The Hall–Kier alpha value is -2.24. The molecule has 124 valence electrons. The molecular formula is C17H22N2O4. The van der Waals surface area contributed by atoms with Crippen molar-refractivity contribution in [2.45, 2.75) is 44.7 Å². The molecule has 23 heavy (non-hydrogen) atoms. The number of hydrogen-bond acceptors (Lipinski definition) is 4. The normalized spacial score (nSPS) is 25.6. The minimum Gasteiger partial charge on any atom is -0.448 e. The number of carbonyl (C=O) groups is 2. The Balaban J connectivity index is 1.87. The van der Waals surface area contributed by atoms with Crippen molar-refractivity contribution in [3.63, 3.8) is 0 Å². The number of nitrogens with zero attached hydrogens (tertiary/aromatic N) is 2. The topological polar surface area (TPSA) is 59.1 Å². The minimum absolute atomic E-state index is 0.0198. The summed E-state index contributed by atoms with van der Waals surface area (Å²) in [6.45, 7) is 4.08. The number of hydrazine groups is 1. The molecule has 6 nitrogen and oxygen atoms in total. The Morgan fingerprint density at radius 3 is 2.22 bits per heavy atom. The third kappa shape index (κ3) is 2.73. The third-order valence-electron chi connectivity index (χ3n) is 4.53. The second kappa shape index (κ2) is 6.48. The Morgan fingerprint density at radius 2 is 1.61 bits per heavy atom. The number of ether oxygens (including phenoxy) is 2. The molecule has 1 aromatic rings. The molecule has 3 unspecified atom stereocenters. The average Bonchev–Trinajstić information content (AvgIpc) is 3.14. The predicted molar refractivity (Wildman–Crippen MR) is 83.7 cm³/mol. The second-order valence-corrected chi connectivity index (χ2v) is 5.80. The van der Waals surface area contributed by atoms with Crippen LogP contribution in [0.1, 0.15) is 38.2 Å². The summed E-state index contributed by atoms with van der Waals surface area (Å²) < 4.78 is 10.3. The SMILES string of the molecule is CCOC(=O)N1C2CC(c3ccccc3)C(C2)N1C(=O)OCC. The summed E-state index contributed by atoms with van der Waals surface area (Å²) in [5, 5.41) is 2.92. The van der Waals surface area contributed by atoms with Crippen molar-refractivity contribution in [1.29, 1.82) is 0 Å². The fourth-order valence-corrected chi connectivity index (χ4v) is 3.69. The lowest BCUT2D eigenvalue weighted by molar-refractivity contribution is -0.0433. The van der Waals surface area contributed by atoms with Crippen molar-refractivity contribution in [2.24, 2.45) is 0 Å². The molecule has 0 radical (unpaired) electrons. The van der Waals surface area contributed by atoms with Crippen molar-refractivity contribution in [3.05, 3.63) is 35.9 Å². The van der Waals surface area contributed by atoms with E-state index < -0.39 is 12.2 Å². The van der Waals surface area contributed by atoms with Gasteiger partial charge in [-0.2, -0.15) is 0 Å². The van der Waals surface area contributed by atoms with Crippen LogP contribution in [0, 0.1) is 0 Å². The molecule has 0 spiro atoms. The summed E-state index contributed by atoms with van der Waals surface area (Å²) in [5.74, 6) is 0.219. The second-order valence-electron chi connectivity index (χ2n) is 5.80. The van der Waals surface area contributed by atoms with Gasteiger partial charge in [0.1, 0.15) is 0 Å². The van der Waals surface area contributed by atoms with E-state index in [1.54, 1.807) is 13.8 Å². The van der Waals surface area contributed by atoms with E-state index in [1.807, 2.05) is 18.2 Å². The molecular weight excluding hydrogens is 296 g/mol. The van der Waals surface area contributed by atoms with Crippen LogP contribution in [-0.4, -0.2) is 47.5 Å². The first-order valence-electron chi connectivity index (χ1n) is 8.14. The van der Waals surface area contributed by atoms with Gasteiger partial charge in [-0.1, -0.05) is 30.3 Å². The Labute approximate surface area is 135 Å². The molecule has 0 N–H and O–H groups in total. The first kappa shape index (κ1) is 15.6. The molecule has 2 bridgehead atoms. The van der Waals surface area contributed by atoms with Gasteiger partial charge in [-0.3, -0.25) is 0 Å². The third-order valence-corrected chi connectivity index (χ3v) is 4.53. The van der Waals surface area contributed by atoms with E-state index in [-0.39, 0.29) is 31.2 Å². The highest BCUT2D eigenvalue weighted by Gasteiger charge is 2.55. The molecule has 1 heterocycles. The highest BCUT2D eigenvalue weighted by molar-refractivity contribution is 5.76. The summed E-state index contributed by atoms with van der Waals surface area (Å²) in [6, 6.07) is 10.0. The standard InChI is InChI=1S/C17H22N2O4/c1-3-22-16(20)18-13-10-14(12-8-6-5-7-9-12)15(11-13)19(18)17(21)23-4-2/h5-9,13-15H,3-4,10-11H2,1-2H3. The maximum atomic E-state index is 12.4. The molecule has 2 fully saturated rings. The van der Waals surface area contributed by atoms with Gasteiger partial charge in [0.2, 0.25) is 0 Å². The maximum Gasteiger partial charge on any atom is 0.429 e. The maximum absolute atomic E-state index is 12.4. The molecule has 3 atom stereocenters. The van der Waals surface area contributed by atoms with Crippen molar-refractivity contribution < 1.29 is 19.1 Å². The van der Waals surface area contributed by atoms with Gasteiger partial charge in [0.15, 0.2) is 0 Å². The molecule has 1 aliphatic carbocycles. The predicted octanol–water partition coefficient (Wildman–Crippen LogP) is 3.15. The zero-order chi connectivity index (χ0) is 16.4. The van der Waals surface area contributed by atoms with E-state index in [2.05, 4.69) is 12.1 Å². The van der Waals surface area contributed by atoms with Crippen LogP contribution in [0.2, 0.25) is 0 Å². The van der Waals surface area contributed by atoms with Gasteiger partial charge in [0.05, 0.1) is 25.3 Å². The fraction of sp³-hybridized carbons (Fsp3) is 0.529. The van der Waals surface area contributed by atoms with E-state index in [0.717, 1.165) is 12.8 Å². The number of fused-ring (bicyclic) bond motifs is 2. The summed E-state index contributed by atoms with van der Waals surface area (Å²) >= 11 is 0. The van der Waals surface area contributed by atoms with Crippen molar-refractivity contribution >= 4 is 12.2 Å². The number of benzene rings is 1. The van der Waals surface area contributed by atoms with Crippen LogP contribution < -0.4 is 0 Å². The van der Waals surface area contributed by atoms with Crippen molar-refractivity contribution in [2.75, 3.05) is 13.2 Å². The summed E-state index contributed by atoms with van der Waals surface area (Å²) in [4.78, 5) is 24.6. The zero-order valence-corrected chi connectivity index (χ0v) is 13.5. The number of amides is 2. The monoisotopic (exact) mass is 318 g/mol. The van der Waals surface area contributed by atoms with Crippen LogP contribution in [0.25, 0.3) is 0 Å². The first-order valence-corrected chi connectivity index (χ1v) is 8.14. The molecule has 1 saturated heterocycles. The highest BCUT2D eigenvalue weighted by Crippen LogP contribution is 2.47. The zero-order valence-electron chi connectivity index (χ0n) is 13.5. The smallest absolute Gasteiger partial charge is 0.429 e. The first-order chi connectivity index (χ1) is 11.2. The number of hydrogen-bond donors (Lipinski definition) is 0. The summed E-state index contributed by atoms with van der Waals surface area (Å²) in [5.41, 5.74) is 1.19. The quantitative estimate of drug-likeness (QED) is 0.859. The van der Waals surface area contributed by atoms with Gasteiger partial charge in [-0.05, 0) is 32.3 Å². The lowest BCUT2D eigenvalue weighted by Gasteiger charge is -2.39. The summed E-state index contributed by atoms with van der Waals surface area (Å²) in [6.07, 6.45) is 0.647. The average molecular weight is 318 g/mol. The number of carbonyl (C=O) groups excluding carboxylic acids is 2. The Kier molecular flexibility index (Phi) is 4.41. The number of rotatable bonds is 3. The van der Waals surface area contributed by atoms with E-state index >= 15 is 0 Å². The van der Waals surface area contributed by atoms with Gasteiger partial charge in [-0.25, -0.2) is 19.6 Å². The van der Waals surface area contributed by atoms with Crippen molar-refractivity contribution in [1.82, 2.24) is 10.0 Å². The molecule has 2 amide bonds. The molecule has 6 heteroatoms. The van der Waals surface area contributed by atoms with Crippen LogP contribution in [0.4, 0.5) is 9.59 Å². The Morgan fingerprint density at radius 1 is 1.00 bits per heavy atom. The van der Waals surface area contributed by atoms with E-state index in [1.165, 1.54) is 15.6 Å². The van der Waals surface area contributed by atoms with Gasteiger partial charge < -0.3 is 9.47 Å². The van der Waals surface area contributed by atoms with E-state index in [0.29, 0.717) is 0 Å². The molecule has 1 aliphatic heterocycles. The van der Waals surface area contributed by atoms with Gasteiger partial charge in [0.25, 0.3) is 0 Å². The molecule has 0 aromatic heterocycles. The van der Waals surface area contributed by atoms with Gasteiger partial charge >= 0.3 is 12.2 Å². The fourth-order valence-electron chi connectivity index (χ4n) is 3.69. The van der Waals surface area contributed by atoms with Gasteiger partial charge in [-0.15, -0.1) is 0 Å². The molecule has 1 aromatic carbocycles. The Bertz CT molecular complexity index is 577. The minimum atomic E-state index is -0.478. The molecule has 2 aliphatic rings. The summed E-state index contributed by atoms with van der Waals surface area (Å²) in [7, 11) is 0. The van der Waals surface area contributed by atoms with Crippen LogP contribution in [0.3, 0.4) is 0 Å². The molecule has 1 saturated carbocycles. The van der Waals surface area contributed by atoms with E-state index in [9.17, 15) is 9.59 Å². The van der Waals surface area contributed by atoms with Gasteiger partial charge in [0, 0.05) is 5.92 Å². The lowest BCUT2D eigenvalue weighted by atomic mass is 9.93. The van der Waals surface area contributed by atoms with Crippen LogP contribution >= 0.6 is 0 Å². The highest BCUT2D eigenvalue weighted by atomic mass is 16.6. The largest absolute Gasteiger partial charge is 0.448 e.